The molecular weight excluding hydrogens is 392 g/mol. The van der Waals surface area contributed by atoms with Gasteiger partial charge in [-0.2, -0.15) is 11.3 Å². The van der Waals surface area contributed by atoms with Gasteiger partial charge in [0.25, 0.3) is 0 Å². The number of esters is 1. The second-order valence-corrected chi connectivity index (χ2v) is 7.73. The maximum atomic E-state index is 12.5. The Morgan fingerprint density at radius 1 is 1.04 bits per heavy atom. The first kappa shape index (κ1) is 18.3. The van der Waals surface area contributed by atoms with E-state index >= 15 is 0 Å². The van der Waals surface area contributed by atoms with Crippen molar-refractivity contribution in [2.24, 2.45) is 0 Å². The van der Waals surface area contributed by atoms with Gasteiger partial charge in [-0.3, -0.25) is 4.98 Å². The Morgan fingerprint density at radius 3 is 2.50 bits per heavy atom. The number of nitrogens with zero attached hydrogens (tertiary/aromatic N) is 2. The van der Waals surface area contributed by atoms with Crippen LogP contribution in [0.25, 0.3) is 10.6 Å². The van der Waals surface area contributed by atoms with Crippen LogP contribution in [0.5, 0.6) is 11.5 Å². The van der Waals surface area contributed by atoms with E-state index in [2.05, 4.69) is 9.97 Å². The van der Waals surface area contributed by atoms with E-state index < -0.39 is 5.97 Å². The van der Waals surface area contributed by atoms with Crippen molar-refractivity contribution in [1.82, 2.24) is 9.97 Å². The molecule has 4 aromatic rings. The summed E-state index contributed by atoms with van der Waals surface area (Å²) in [6.07, 6.45) is 3.46. The van der Waals surface area contributed by atoms with Gasteiger partial charge in [0.15, 0.2) is 0 Å². The van der Waals surface area contributed by atoms with E-state index in [1.54, 1.807) is 48.0 Å². The normalized spacial score (nSPS) is 10.6. The highest BCUT2D eigenvalue weighted by molar-refractivity contribution is 7.17. The number of ether oxygens (including phenoxy) is 2. The van der Waals surface area contributed by atoms with Crippen LogP contribution in [-0.4, -0.2) is 15.9 Å². The van der Waals surface area contributed by atoms with Gasteiger partial charge in [-0.25, -0.2) is 9.78 Å². The first-order valence-corrected chi connectivity index (χ1v) is 10.3. The minimum Gasteiger partial charge on any atom is -0.489 e. The van der Waals surface area contributed by atoms with Gasteiger partial charge in [0.2, 0.25) is 0 Å². The molecule has 0 atom stereocenters. The molecule has 1 aromatic carbocycles. The standard InChI is InChI=1S/C21H16N2O3S2/c1-14-19(28-20(23-14)16-8-11-27-13-16)21(24)26-18-4-2-17(3-5-18)25-12-15-6-9-22-10-7-15/h2-11,13H,12H2,1H3. The Hall–Kier alpha value is -3.03. The molecule has 28 heavy (non-hydrogen) atoms. The van der Waals surface area contributed by atoms with Crippen molar-refractivity contribution in [1.29, 1.82) is 0 Å². The molecule has 3 heterocycles. The molecule has 0 saturated heterocycles. The first-order valence-electron chi connectivity index (χ1n) is 8.53. The fraction of sp³-hybridized carbons (Fsp3) is 0.0952. The smallest absolute Gasteiger partial charge is 0.355 e. The van der Waals surface area contributed by atoms with Gasteiger partial charge in [-0.15, -0.1) is 11.3 Å². The van der Waals surface area contributed by atoms with Gasteiger partial charge in [-0.05, 0) is 60.3 Å². The summed E-state index contributed by atoms with van der Waals surface area (Å²) in [5, 5.41) is 4.83. The Balaban J connectivity index is 1.39. The first-order chi connectivity index (χ1) is 13.7. The molecule has 0 unspecified atom stereocenters. The summed E-state index contributed by atoms with van der Waals surface area (Å²) in [5.41, 5.74) is 2.73. The van der Waals surface area contributed by atoms with Crippen molar-refractivity contribution < 1.29 is 14.3 Å². The molecule has 0 amide bonds. The third-order valence-electron chi connectivity index (χ3n) is 3.94. The van der Waals surface area contributed by atoms with Crippen molar-refractivity contribution in [2.75, 3.05) is 0 Å². The largest absolute Gasteiger partial charge is 0.489 e. The molecule has 0 N–H and O–H groups in total. The predicted octanol–water partition coefficient (Wildman–Crippen LogP) is 5.37. The molecule has 3 aromatic heterocycles. The minimum atomic E-state index is -0.401. The van der Waals surface area contributed by atoms with Gasteiger partial charge in [0.05, 0.1) is 5.69 Å². The fourth-order valence-corrected chi connectivity index (χ4v) is 4.15. The van der Waals surface area contributed by atoms with E-state index in [-0.39, 0.29) is 0 Å². The van der Waals surface area contributed by atoms with Crippen LogP contribution >= 0.6 is 22.7 Å². The zero-order chi connectivity index (χ0) is 19.3. The quantitative estimate of drug-likeness (QED) is 0.317. The average molecular weight is 409 g/mol. The summed E-state index contributed by atoms with van der Waals surface area (Å²) in [7, 11) is 0. The molecule has 7 heteroatoms. The van der Waals surface area contributed by atoms with Crippen LogP contribution in [0.1, 0.15) is 20.9 Å². The lowest BCUT2D eigenvalue weighted by Crippen LogP contribution is -2.08. The monoisotopic (exact) mass is 408 g/mol. The van der Waals surface area contributed by atoms with Crippen LogP contribution in [0, 0.1) is 6.92 Å². The zero-order valence-corrected chi connectivity index (χ0v) is 16.6. The maximum absolute atomic E-state index is 12.5. The molecule has 0 aliphatic rings. The molecule has 0 spiro atoms. The highest BCUT2D eigenvalue weighted by atomic mass is 32.1. The molecule has 0 radical (unpaired) electrons. The molecule has 0 aliphatic heterocycles. The molecule has 0 bridgehead atoms. The van der Waals surface area contributed by atoms with E-state index in [4.69, 9.17) is 9.47 Å². The number of thiophene rings is 1. The van der Waals surface area contributed by atoms with Crippen molar-refractivity contribution in [3.63, 3.8) is 0 Å². The van der Waals surface area contributed by atoms with E-state index in [1.165, 1.54) is 11.3 Å². The molecule has 0 aliphatic carbocycles. The molecular formula is C21H16N2O3S2. The number of pyridine rings is 1. The Bertz CT molecular complexity index is 1060. The van der Waals surface area contributed by atoms with Gasteiger partial charge in [0, 0.05) is 23.3 Å². The number of hydrogen-bond donors (Lipinski definition) is 0. The van der Waals surface area contributed by atoms with E-state index in [9.17, 15) is 4.79 Å². The summed E-state index contributed by atoms with van der Waals surface area (Å²) in [5.74, 6) is 0.762. The van der Waals surface area contributed by atoms with Crippen LogP contribution in [-0.2, 0) is 6.61 Å². The van der Waals surface area contributed by atoms with Crippen molar-refractivity contribution in [2.45, 2.75) is 13.5 Å². The summed E-state index contributed by atoms with van der Waals surface area (Å²) in [4.78, 5) is 21.5. The van der Waals surface area contributed by atoms with Crippen LogP contribution in [0.4, 0.5) is 0 Å². The van der Waals surface area contributed by atoms with E-state index in [1.807, 2.05) is 35.9 Å². The highest BCUT2D eigenvalue weighted by Gasteiger charge is 2.18. The van der Waals surface area contributed by atoms with Gasteiger partial charge in [-0.1, -0.05) is 0 Å². The van der Waals surface area contributed by atoms with Crippen molar-refractivity contribution in [3.05, 3.63) is 81.8 Å². The lowest BCUT2D eigenvalue weighted by atomic mass is 10.3. The Kier molecular flexibility index (Phi) is 5.45. The zero-order valence-electron chi connectivity index (χ0n) is 15.0. The van der Waals surface area contributed by atoms with Gasteiger partial charge < -0.3 is 9.47 Å². The number of carbonyl (C=O) groups excluding carboxylic acids is 1. The summed E-state index contributed by atoms with van der Waals surface area (Å²) >= 11 is 2.94. The SMILES string of the molecule is Cc1nc(-c2ccsc2)sc1C(=O)Oc1ccc(OCc2ccncc2)cc1. The number of aromatic nitrogens is 2. The number of thiazole rings is 1. The molecule has 0 saturated carbocycles. The second-order valence-electron chi connectivity index (χ2n) is 5.95. The third-order valence-corrected chi connectivity index (χ3v) is 5.81. The Labute approximate surface area is 170 Å². The van der Waals surface area contributed by atoms with Crippen LogP contribution in [0.15, 0.2) is 65.6 Å². The van der Waals surface area contributed by atoms with Crippen molar-refractivity contribution in [3.8, 4) is 22.1 Å². The summed E-state index contributed by atoms with van der Waals surface area (Å²) < 4.78 is 11.2. The lowest BCUT2D eigenvalue weighted by Gasteiger charge is -2.07. The highest BCUT2D eigenvalue weighted by Crippen LogP contribution is 2.30. The van der Waals surface area contributed by atoms with Crippen LogP contribution in [0.2, 0.25) is 0 Å². The van der Waals surface area contributed by atoms with Crippen molar-refractivity contribution >= 4 is 28.6 Å². The number of aryl methyl sites for hydroxylation is 1. The molecule has 140 valence electrons. The third kappa shape index (κ3) is 4.27. The van der Waals surface area contributed by atoms with Gasteiger partial charge >= 0.3 is 5.97 Å². The molecule has 5 nitrogen and oxygen atoms in total. The molecule has 0 fully saturated rings. The summed E-state index contributed by atoms with van der Waals surface area (Å²) in [6.45, 7) is 2.27. The van der Waals surface area contributed by atoms with E-state index in [0.29, 0.717) is 28.7 Å². The van der Waals surface area contributed by atoms with E-state index in [0.717, 1.165) is 16.1 Å². The van der Waals surface area contributed by atoms with Crippen LogP contribution < -0.4 is 9.47 Å². The Morgan fingerprint density at radius 2 is 1.79 bits per heavy atom. The number of rotatable bonds is 6. The number of benzene rings is 1. The maximum Gasteiger partial charge on any atom is 0.355 e. The topological polar surface area (TPSA) is 61.3 Å². The fourth-order valence-electron chi connectivity index (χ4n) is 2.50. The number of hydrogen-bond acceptors (Lipinski definition) is 7. The van der Waals surface area contributed by atoms with Crippen LogP contribution in [0.3, 0.4) is 0 Å². The minimum absolute atomic E-state index is 0.401. The van der Waals surface area contributed by atoms with Gasteiger partial charge in [0.1, 0.15) is 28.0 Å². The predicted molar refractivity (Wildman–Crippen MR) is 110 cm³/mol. The average Bonchev–Trinajstić information content (AvgIpc) is 3.38. The number of carbonyl (C=O) groups is 1. The second kappa shape index (κ2) is 8.33. The molecule has 4 rings (SSSR count). The lowest BCUT2D eigenvalue weighted by molar-refractivity contribution is 0.0738. The summed E-state index contributed by atoms with van der Waals surface area (Å²) in [6, 6.07) is 12.8.